The summed E-state index contributed by atoms with van der Waals surface area (Å²) in [5, 5.41) is 0. The van der Waals surface area contributed by atoms with Gasteiger partial charge < -0.3 is 4.90 Å². The molecule has 0 radical (unpaired) electrons. The van der Waals surface area contributed by atoms with Gasteiger partial charge in [-0.15, -0.1) is 0 Å². The van der Waals surface area contributed by atoms with E-state index in [0.29, 0.717) is 6.54 Å². The largest absolute Gasteiger partial charge is 0.312 e. The topological polar surface area (TPSA) is 55.2 Å². The number of imidazole rings is 1. The average molecular weight is 361 g/mol. The lowest BCUT2D eigenvalue weighted by atomic mass is 10.1. The molecule has 5 nitrogen and oxygen atoms in total. The third kappa shape index (κ3) is 3.03. The van der Waals surface area contributed by atoms with E-state index in [0.717, 1.165) is 34.3 Å². The Morgan fingerprint density at radius 3 is 2.56 bits per heavy atom. The van der Waals surface area contributed by atoms with Crippen molar-refractivity contribution in [1.82, 2.24) is 9.55 Å². The number of fused-ring (bicyclic) bond motifs is 1. The van der Waals surface area contributed by atoms with Crippen molar-refractivity contribution in [1.29, 1.82) is 0 Å². The van der Waals surface area contributed by atoms with E-state index < -0.39 is 0 Å². The molecule has 0 saturated carbocycles. The number of hydrogen-bond acceptors (Lipinski definition) is 3. The first-order valence-corrected chi connectivity index (χ1v) is 9.35. The smallest absolute Gasteiger partial charge is 0.237 e. The van der Waals surface area contributed by atoms with E-state index >= 15 is 0 Å². The predicted octanol–water partition coefficient (Wildman–Crippen LogP) is 3.91. The molecule has 1 atom stereocenters. The predicted molar refractivity (Wildman–Crippen MR) is 106 cm³/mol. The van der Waals surface area contributed by atoms with Crippen molar-refractivity contribution in [3.05, 3.63) is 59.4 Å². The summed E-state index contributed by atoms with van der Waals surface area (Å²) in [6.07, 6.45) is 2.77. The number of benzene rings is 2. The van der Waals surface area contributed by atoms with Gasteiger partial charge in [0.25, 0.3) is 0 Å². The Labute approximate surface area is 158 Å². The number of hydrogen-bond donors (Lipinski definition) is 0. The Bertz CT molecular complexity index is 1030. The molecule has 2 heterocycles. The molecule has 5 heteroatoms. The molecular weight excluding hydrogens is 338 g/mol. The van der Waals surface area contributed by atoms with Crippen LogP contribution in [-0.2, 0) is 11.2 Å². The van der Waals surface area contributed by atoms with Crippen molar-refractivity contribution in [3.8, 4) is 0 Å². The van der Waals surface area contributed by atoms with Crippen molar-refractivity contribution >= 4 is 28.5 Å². The molecular formula is C22H23N3O2. The summed E-state index contributed by atoms with van der Waals surface area (Å²) >= 11 is 0. The van der Waals surface area contributed by atoms with Crippen LogP contribution in [0.15, 0.2) is 42.7 Å². The highest BCUT2D eigenvalue weighted by Gasteiger charge is 2.36. The molecule has 1 aliphatic rings. The van der Waals surface area contributed by atoms with Crippen LogP contribution in [-0.4, -0.2) is 27.9 Å². The van der Waals surface area contributed by atoms with Crippen LogP contribution in [0.2, 0.25) is 0 Å². The molecule has 0 unspecified atom stereocenters. The van der Waals surface area contributed by atoms with Gasteiger partial charge in [-0.3, -0.25) is 14.2 Å². The van der Waals surface area contributed by atoms with Crippen molar-refractivity contribution in [2.45, 2.75) is 33.6 Å². The maximum Gasteiger partial charge on any atom is 0.237 e. The fourth-order valence-corrected chi connectivity index (χ4v) is 3.67. The van der Waals surface area contributed by atoms with E-state index in [-0.39, 0.29) is 24.2 Å². The van der Waals surface area contributed by atoms with Crippen molar-refractivity contribution in [3.63, 3.8) is 0 Å². The van der Waals surface area contributed by atoms with Crippen LogP contribution in [0.3, 0.4) is 0 Å². The van der Waals surface area contributed by atoms with E-state index in [1.165, 1.54) is 5.56 Å². The summed E-state index contributed by atoms with van der Waals surface area (Å²) in [7, 11) is 0. The fourth-order valence-electron chi connectivity index (χ4n) is 3.67. The average Bonchev–Trinajstić information content (AvgIpc) is 3.25. The molecule has 2 aromatic carbocycles. The minimum Gasteiger partial charge on any atom is -0.312 e. The molecule has 1 aliphatic heterocycles. The summed E-state index contributed by atoms with van der Waals surface area (Å²) in [4.78, 5) is 31.7. The van der Waals surface area contributed by atoms with Gasteiger partial charge in [0, 0.05) is 18.7 Å². The number of aryl methyl sites for hydroxylation is 3. The first-order valence-electron chi connectivity index (χ1n) is 9.35. The number of rotatable bonds is 3. The van der Waals surface area contributed by atoms with E-state index in [1.54, 1.807) is 15.8 Å². The molecule has 0 spiro atoms. The maximum absolute atomic E-state index is 13.1. The van der Waals surface area contributed by atoms with E-state index in [4.69, 9.17) is 0 Å². The molecule has 1 amide bonds. The Balaban J connectivity index is 1.60. The molecule has 4 rings (SSSR count). The zero-order chi connectivity index (χ0) is 19.1. The van der Waals surface area contributed by atoms with Gasteiger partial charge in [-0.25, -0.2) is 4.98 Å². The third-order valence-electron chi connectivity index (χ3n) is 5.53. The number of aromatic nitrogens is 2. The van der Waals surface area contributed by atoms with Crippen LogP contribution >= 0.6 is 0 Å². The lowest BCUT2D eigenvalue weighted by molar-refractivity contribution is -0.117. The Morgan fingerprint density at radius 2 is 1.85 bits per heavy atom. The van der Waals surface area contributed by atoms with Gasteiger partial charge in [-0.1, -0.05) is 19.1 Å². The van der Waals surface area contributed by atoms with Crippen molar-refractivity contribution in [2.75, 3.05) is 11.4 Å². The van der Waals surface area contributed by atoms with E-state index in [2.05, 4.69) is 11.9 Å². The second kappa shape index (κ2) is 6.65. The fraction of sp³-hybridized carbons (Fsp3) is 0.318. The molecule has 0 aliphatic carbocycles. The number of nitrogens with zero attached hydrogens (tertiary/aromatic N) is 3. The van der Waals surface area contributed by atoms with Gasteiger partial charge >= 0.3 is 0 Å². The summed E-state index contributed by atoms with van der Waals surface area (Å²) in [6, 6.07) is 12.0. The maximum atomic E-state index is 13.1. The molecule has 0 bridgehead atoms. The quantitative estimate of drug-likeness (QED) is 0.711. The lowest BCUT2D eigenvalue weighted by Crippen LogP contribution is -2.27. The van der Waals surface area contributed by atoms with Crippen LogP contribution in [0.4, 0.5) is 5.69 Å². The first kappa shape index (κ1) is 17.5. The summed E-state index contributed by atoms with van der Waals surface area (Å²) in [5.41, 5.74) is 5.97. The first-order chi connectivity index (χ1) is 13.0. The van der Waals surface area contributed by atoms with Crippen LogP contribution < -0.4 is 4.90 Å². The molecule has 0 N–H and O–H groups in total. The summed E-state index contributed by atoms with van der Waals surface area (Å²) < 4.78 is 1.60. The number of carbonyl (C=O) groups excluding carboxylic acids is 2. The van der Waals surface area contributed by atoms with E-state index in [1.807, 2.05) is 50.2 Å². The highest BCUT2D eigenvalue weighted by atomic mass is 16.2. The zero-order valence-electron chi connectivity index (χ0n) is 15.9. The van der Waals surface area contributed by atoms with Gasteiger partial charge in [-0.05, 0) is 61.2 Å². The highest BCUT2D eigenvalue weighted by Crippen LogP contribution is 2.28. The van der Waals surface area contributed by atoms with E-state index in [9.17, 15) is 9.59 Å². The van der Waals surface area contributed by atoms with Crippen molar-refractivity contribution in [2.24, 2.45) is 5.92 Å². The SMILES string of the molecule is CCc1ccc(N2C[C@H](C(=O)n3cnc4cc(C)c(C)cc43)CC2=O)cc1. The second-order valence-electron chi connectivity index (χ2n) is 7.30. The van der Waals surface area contributed by atoms with Gasteiger partial charge in [0.2, 0.25) is 11.8 Å². The summed E-state index contributed by atoms with van der Waals surface area (Å²) in [6.45, 7) is 6.57. The number of amides is 1. The molecule has 138 valence electrons. The second-order valence-corrected chi connectivity index (χ2v) is 7.30. The Kier molecular flexibility index (Phi) is 4.30. The number of anilines is 1. The molecule has 1 aromatic heterocycles. The standard InChI is InChI=1S/C22H23N3O2/c1-4-16-5-7-18(8-6-16)24-12-17(11-21(24)26)22(27)25-13-23-19-9-14(2)15(3)10-20(19)25/h5-10,13,17H,4,11-12H2,1-3H3/t17-/m1/s1. The van der Waals surface area contributed by atoms with Crippen LogP contribution in [0.25, 0.3) is 11.0 Å². The van der Waals surface area contributed by atoms with Crippen molar-refractivity contribution < 1.29 is 9.59 Å². The lowest BCUT2D eigenvalue weighted by Gasteiger charge is -2.17. The monoisotopic (exact) mass is 361 g/mol. The Morgan fingerprint density at radius 1 is 1.15 bits per heavy atom. The molecule has 27 heavy (non-hydrogen) atoms. The Hall–Kier alpha value is -2.95. The van der Waals surface area contributed by atoms with Crippen LogP contribution in [0, 0.1) is 19.8 Å². The van der Waals surface area contributed by atoms with Gasteiger partial charge in [0.05, 0.1) is 17.0 Å². The van der Waals surface area contributed by atoms with Gasteiger partial charge in [0.1, 0.15) is 6.33 Å². The highest BCUT2D eigenvalue weighted by molar-refractivity contribution is 6.02. The third-order valence-corrected chi connectivity index (χ3v) is 5.53. The van der Waals surface area contributed by atoms with Crippen LogP contribution in [0.5, 0.6) is 0 Å². The normalized spacial score (nSPS) is 17.1. The minimum absolute atomic E-state index is 0.00551. The summed E-state index contributed by atoms with van der Waals surface area (Å²) in [5.74, 6) is -0.432. The molecule has 1 saturated heterocycles. The van der Waals surface area contributed by atoms with Crippen LogP contribution in [0.1, 0.15) is 34.8 Å². The van der Waals surface area contributed by atoms with Gasteiger partial charge in [0.15, 0.2) is 0 Å². The molecule has 1 fully saturated rings. The zero-order valence-corrected chi connectivity index (χ0v) is 15.9. The van der Waals surface area contributed by atoms with Gasteiger partial charge in [-0.2, -0.15) is 0 Å². The molecule has 3 aromatic rings. The minimum atomic E-state index is -0.359. The number of carbonyl (C=O) groups is 2.